The van der Waals surface area contributed by atoms with E-state index in [2.05, 4.69) is 27.7 Å². The fourth-order valence-corrected chi connectivity index (χ4v) is 11.9. The highest BCUT2D eigenvalue weighted by Gasteiger charge is 2.30. The summed E-state index contributed by atoms with van der Waals surface area (Å²) in [4.78, 5) is 72.1. The molecule has 0 radical (unpaired) electrons. The van der Waals surface area contributed by atoms with Crippen molar-refractivity contribution in [3.63, 3.8) is 0 Å². The molecule has 0 amide bonds. The van der Waals surface area contributed by atoms with Gasteiger partial charge in [0.1, 0.15) is 19.3 Å². The van der Waals surface area contributed by atoms with E-state index in [4.69, 9.17) is 37.0 Å². The lowest BCUT2D eigenvalue weighted by Crippen LogP contribution is -2.30. The number of carbonyl (C=O) groups excluding carboxylic acids is 4. The fourth-order valence-electron chi connectivity index (χ4n) is 10.3. The average Bonchev–Trinajstić information content (AvgIpc) is 3.70. The molecule has 19 heteroatoms. The van der Waals surface area contributed by atoms with Crippen LogP contribution in [0.1, 0.15) is 355 Å². The Morgan fingerprint density at radius 2 is 0.460 bits per heavy atom. The minimum Gasteiger partial charge on any atom is -0.462 e. The van der Waals surface area contributed by atoms with Crippen molar-refractivity contribution < 1.29 is 80.2 Å². The van der Waals surface area contributed by atoms with Crippen molar-refractivity contribution in [3.05, 3.63) is 0 Å². The van der Waals surface area contributed by atoms with Gasteiger partial charge in [-0.25, -0.2) is 9.13 Å². The molecule has 516 valence electrons. The summed E-state index contributed by atoms with van der Waals surface area (Å²) in [6.45, 7) is 4.83. The number of aliphatic hydroxyl groups excluding tert-OH is 1. The lowest BCUT2D eigenvalue weighted by Gasteiger charge is -2.21. The van der Waals surface area contributed by atoms with E-state index < -0.39 is 97.5 Å². The Kier molecular flexibility index (Phi) is 61.4. The molecule has 0 aliphatic heterocycles. The van der Waals surface area contributed by atoms with Crippen LogP contribution in [-0.2, 0) is 65.4 Å². The minimum absolute atomic E-state index is 0.106. The van der Waals surface area contributed by atoms with Gasteiger partial charge < -0.3 is 33.8 Å². The summed E-state index contributed by atoms with van der Waals surface area (Å²) in [5, 5.41) is 10.5. The Labute approximate surface area is 530 Å². The average molecular weight is 1280 g/mol. The third kappa shape index (κ3) is 62.6. The van der Waals surface area contributed by atoms with E-state index >= 15 is 0 Å². The minimum atomic E-state index is -4.95. The monoisotopic (exact) mass is 1280 g/mol. The van der Waals surface area contributed by atoms with Crippen LogP contribution in [0.4, 0.5) is 0 Å². The number of ether oxygens (including phenoxy) is 4. The molecule has 87 heavy (non-hydrogen) atoms. The number of rotatable bonds is 69. The summed E-state index contributed by atoms with van der Waals surface area (Å²) in [5.74, 6) is -2.14. The van der Waals surface area contributed by atoms with Crippen molar-refractivity contribution in [1.29, 1.82) is 0 Å². The fraction of sp³-hybridized carbons (Fsp3) is 0.941. The standard InChI is InChI=1S/C68H132O17P2/c1-5-9-13-17-20-23-26-27-28-29-30-31-32-33-34-37-40-43-47-51-55-68(73)85-64(59-79-66(71)53-49-45-41-38-35-24-21-18-14-10-6-2)61-83-87(76,77)81-57-62(69)56-80-86(74,75)82-60-63(58-78-65(70)52-48-44-16-12-8-4)84-67(72)54-50-46-42-39-36-25-22-19-15-11-7-3/h62-64,69H,5-61H2,1-4H3,(H,74,75)(H,76,77)/t62-,63+,64+/m0/s1. The maximum atomic E-state index is 13.0. The van der Waals surface area contributed by atoms with Gasteiger partial charge in [0.05, 0.1) is 26.4 Å². The third-order valence-corrected chi connectivity index (χ3v) is 17.8. The van der Waals surface area contributed by atoms with Gasteiger partial charge in [0, 0.05) is 25.7 Å². The number of carbonyl (C=O) groups is 4. The molecule has 0 aliphatic carbocycles. The van der Waals surface area contributed by atoms with Gasteiger partial charge in [-0.05, 0) is 25.7 Å². The van der Waals surface area contributed by atoms with Crippen LogP contribution in [0.3, 0.4) is 0 Å². The van der Waals surface area contributed by atoms with E-state index in [9.17, 15) is 43.2 Å². The van der Waals surface area contributed by atoms with Crippen molar-refractivity contribution in [2.45, 2.75) is 373 Å². The summed E-state index contributed by atoms with van der Waals surface area (Å²) in [6, 6.07) is 0. The first-order valence-electron chi connectivity index (χ1n) is 35.8. The Bertz CT molecular complexity index is 1670. The molecular weight excluding hydrogens is 1150 g/mol. The zero-order valence-corrected chi connectivity index (χ0v) is 57.8. The summed E-state index contributed by atoms with van der Waals surface area (Å²) >= 11 is 0. The highest BCUT2D eigenvalue weighted by atomic mass is 31.2. The van der Waals surface area contributed by atoms with Crippen LogP contribution in [-0.4, -0.2) is 96.7 Å². The molecule has 0 saturated carbocycles. The number of esters is 4. The van der Waals surface area contributed by atoms with Crippen LogP contribution in [0.25, 0.3) is 0 Å². The second-order valence-corrected chi connectivity index (χ2v) is 27.5. The zero-order valence-electron chi connectivity index (χ0n) is 56.0. The molecule has 0 saturated heterocycles. The first kappa shape index (κ1) is 85.1. The predicted molar refractivity (Wildman–Crippen MR) is 349 cm³/mol. The second kappa shape index (κ2) is 62.8. The summed E-state index contributed by atoms with van der Waals surface area (Å²) in [5.41, 5.74) is 0. The summed E-state index contributed by atoms with van der Waals surface area (Å²) in [6.07, 6.45) is 50.4. The van der Waals surface area contributed by atoms with E-state index in [0.717, 1.165) is 96.3 Å². The van der Waals surface area contributed by atoms with Gasteiger partial charge in [-0.3, -0.25) is 37.3 Å². The van der Waals surface area contributed by atoms with Crippen LogP contribution < -0.4 is 0 Å². The van der Waals surface area contributed by atoms with Gasteiger partial charge in [-0.15, -0.1) is 0 Å². The van der Waals surface area contributed by atoms with Crippen LogP contribution in [0.5, 0.6) is 0 Å². The quantitative estimate of drug-likeness (QED) is 0.0222. The molecule has 0 aromatic carbocycles. The van der Waals surface area contributed by atoms with E-state index in [1.807, 2.05) is 0 Å². The number of phosphoric acid groups is 2. The first-order valence-corrected chi connectivity index (χ1v) is 38.8. The maximum absolute atomic E-state index is 13.0. The zero-order chi connectivity index (χ0) is 64.0. The van der Waals surface area contributed by atoms with Crippen LogP contribution in [0.2, 0.25) is 0 Å². The van der Waals surface area contributed by atoms with Gasteiger partial charge in [0.15, 0.2) is 12.2 Å². The Morgan fingerprint density at radius 3 is 0.678 bits per heavy atom. The summed E-state index contributed by atoms with van der Waals surface area (Å²) < 4.78 is 67.9. The SMILES string of the molecule is CCCCCCCCCCCCCCCCCCCCCCC(=O)O[C@H](COC(=O)CCCCCCCCCCCCC)COP(=O)(O)OC[C@@H](O)COP(=O)(O)OC[C@@H](COC(=O)CCCCCCC)OC(=O)CCCCCCCCCCCCC. The topological polar surface area (TPSA) is 237 Å². The van der Waals surface area contributed by atoms with E-state index in [1.165, 1.54) is 180 Å². The van der Waals surface area contributed by atoms with Crippen LogP contribution >= 0.6 is 15.6 Å². The van der Waals surface area contributed by atoms with Gasteiger partial charge in [0.2, 0.25) is 0 Å². The lowest BCUT2D eigenvalue weighted by atomic mass is 10.0. The summed E-state index contributed by atoms with van der Waals surface area (Å²) in [7, 11) is -9.88. The Morgan fingerprint density at radius 1 is 0.276 bits per heavy atom. The number of aliphatic hydroxyl groups is 1. The molecule has 0 rings (SSSR count). The number of phosphoric ester groups is 2. The largest absolute Gasteiger partial charge is 0.472 e. The highest BCUT2D eigenvalue weighted by Crippen LogP contribution is 2.45. The van der Waals surface area contributed by atoms with Crippen LogP contribution in [0.15, 0.2) is 0 Å². The van der Waals surface area contributed by atoms with Crippen molar-refractivity contribution in [2.75, 3.05) is 39.6 Å². The van der Waals surface area contributed by atoms with E-state index in [1.54, 1.807) is 0 Å². The molecule has 17 nitrogen and oxygen atoms in total. The first-order chi connectivity index (χ1) is 42.2. The third-order valence-electron chi connectivity index (χ3n) is 15.9. The van der Waals surface area contributed by atoms with Gasteiger partial charge >= 0.3 is 39.5 Å². The van der Waals surface area contributed by atoms with Crippen molar-refractivity contribution in [2.24, 2.45) is 0 Å². The van der Waals surface area contributed by atoms with Gasteiger partial charge in [0.25, 0.3) is 0 Å². The molecule has 3 N–H and O–H groups in total. The molecule has 0 spiro atoms. The highest BCUT2D eigenvalue weighted by molar-refractivity contribution is 7.47. The van der Waals surface area contributed by atoms with Gasteiger partial charge in [-0.1, -0.05) is 304 Å². The molecular formula is C68H132O17P2. The lowest BCUT2D eigenvalue weighted by molar-refractivity contribution is -0.161. The van der Waals surface area contributed by atoms with Crippen molar-refractivity contribution in [1.82, 2.24) is 0 Å². The Balaban J connectivity index is 5.10. The molecule has 2 unspecified atom stereocenters. The van der Waals surface area contributed by atoms with Gasteiger partial charge in [-0.2, -0.15) is 0 Å². The molecule has 0 aromatic rings. The van der Waals surface area contributed by atoms with E-state index in [0.29, 0.717) is 25.7 Å². The molecule has 0 aromatic heterocycles. The molecule has 5 atom stereocenters. The normalized spacial score (nSPS) is 14.1. The van der Waals surface area contributed by atoms with Crippen molar-refractivity contribution in [3.8, 4) is 0 Å². The maximum Gasteiger partial charge on any atom is 0.472 e. The molecule has 0 aliphatic rings. The molecule has 0 heterocycles. The second-order valence-electron chi connectivity index (χ2n) is 24.6. The number of hydrogen-bond acceptors (Lipinski definition) is 15. The number of unbranched alkanes of at least 4 members (excludes halogenated alkanes) is 43. The molecule has 0 bridgehead atoms. The predicted octanol–water partition coefficient (Wildman–Crippen LogP) is 19.5. The van der Waals surface area contributed by atoms with E-state index in [-0.39, 0.29) is 25.7 Å². The molecule has 0 fully saturated rings. The van der Waals surface area contributed by atoms with Crippen molar-refractivity contribution >= 4 is 39.5 Å². The number of hydrogen-bond donors (Lipinski definition) is 3. The van der Waals surface area contributed by atoms with Crippen LogP contribution in [0, 0.1) is 0 Å². The Hall–Kier alpha value is -1.94. The smallest absolute Gasteiger partial charge is 0.462 e.